The van der Waals surface area contributed by atoms with E-state index in [-0.39, 0.29) is 23.0 Å². The quantitative estimate of drug-likeness (QED) is 0.431. The number of barbiturate groups is 1. The molecule has 4 rings (SSSR count). The van der Waals surface area contributed by atoms with Crippen molar-refractivity contribution in [3.05, 3.63) is 95.0 Å². The lowest BCUT2D eigenvalue weighted by Gasteiger charge is -2.33. The van der Waals surface area contributed by atoms with E-state index in [2.05, 4.69) is 0 Å². The van der Waals surface area contributed by atoms with Crippen LogP contribution in [0.5, 0.6) is 5.75 Å². The molecule has 8 nitrogen and oxygen atoms in total. The highest BCUT2D eigenvalue weighted by molar-refractivity contribution is 6.46. The van der Waals surface area contributed by atoms with Gasteiger partial charge < -0.3 is 10.5 Å². The zero-order valence-corrected chi connectivity index (χ0v) is 18.4. The van der Waals surface area contributed by atoms with Crippen LogP contribution in [-0.2, 0) is 14.4 Å². The molecule has 5 amide bonds. The average molecular weight is 476 g/mol. The first-order chi connectivity index (χ1) is 16.4. The first kappa shape index (κ1) is 22.8. The molecule has 9 heteroatoms. The Bertz CT molecular complexity index is 1250. The Morgan fingerprint density at radius 2 is 1.38 bits per heavy atom. The van der Waals surface area contributed by atoms with Crippen LogP contribution in [0.25, 0.3) is 6.08 Å². The Morgan fingerprint density at radius 1 is 0.853 bits per heavy atom. The standard InChI is InChI=1S/C25H18ClN3O5/c26-20-14-16(11-12-21(20)34-15-22(27)30)13-19-23(31)28(17-7-3-1-4-8-17)25(33)29(24(19)32)18-9-5-2-6-10-18/h1-14H,15H2,(H2,27,30). The summed E-state index contributed by atoms with van der Waals surface area (Å²) in [6, 6.07) is 20.4. The van der Waals surface area contributed by atoms with Crippen molar-refractivity contribution in [1.29, 1.82) is 0 Å². The third-order valence-corrected chi connectivity index (χ3v) is 5.21. The summed E-state index contributed by atoms with van der Waals surface area (Å²) < 4.78 is 5.23. The third kappa shape index (κ3) is 4.53. The number of rotatable bonds is 6. The maximum absolute atomic E-state index is 13.3. The number of anilines is 2. The second-order valence-corrected chi connectivity index (χ2v) is 7.64. The van der Waals surface area contributed by atoms with Gasteiger partial charge in [-0.3, -0.25) is 14.4 Å². The summed E-state index contributed by atoms with van der Waals surface area (Å²) in [5.41, 5.74) is 5.92. The molecular weight excluding hydrogens is 458 g/mol. The van der Waals surface area contributed by atoms with Gasteiger partial charge in [0.05, 0.1) is 16.4 Å². The van der Waals surface area contributed by atoms with Gasteiger partial charge >= 0.3 is 6.03 Å². The van der Waals surface area contributed by atoms with Gasteiger partial charge in [-0.15, -0.1) is 0 Å². The lowest BCUT2D eigenvalue weighted by Crippen LogP contribution is -2.57. The largest absolute Gasteiger partial charge is 0.482 e. The van der Waals surface area contributed by atoms with Crippen molar-refractivity contribution in [3.8, 4) is 5.75 Å². The second-order valence-electron chi connectivity index (χ2n) is 7.24. The van der Waals surface area contributed by atoms with Gasteiger partial charge in [-0.2, -0.15) is 0 Å². The van der Waals surface area contributed by atoms with Crippen LogP contribution in [0.1, 0.15) is 5.56 Å². The summed E-state index contributed by atoms with van der Waals surface area (Å²) in [7, 11) is 0. The fourth-order valence-corrected chi connectivity index (χ4v) is 3.62. The molecule has 1 aliphatic rings. The number of hydrogen-bond donors (Lipinski definition) is 1. The number of carbonyl (C=O) groups excluding carboxylic acids is 4. The fraction of sp³-hybridized carbons (Fsp3) is 0.0400. The first-order valence-electron chi connectivity index (χ1n) is 10.1. The van der Waals surface area contributed by atoms with E-state index in [0.717, 1.165) is 9.80 Å². The van der Waals surface area contributed by atoms with Crippen LogP contribution in [0.4, 0.5) is 16.2 Å². The number of para-hydroxylation sites is 2. The summed E-state index contributed by atoms with van der Waals surface area (Å²) in [5.74, 6) is -1.97. The molecule has 1 aliphatic heterocycles. The molecule has 0 bridgehead atoms. The minimum Gasteiger partial charge on any atom is -0.482 e. The first-order valence-corrected chi connectivity index (χ1v) is 10.5. The Labute approximate surface area is 199 Å². The van der Waals surface area contributed by atoms with Crippen LogP contribution >= 0.6 is 11.6 Å². The van der Waals surface area contributed by atoms with E-state index in [9.17, 15) is 19.2 Å². The molecule has 1 fully saturated rings. The molecule has 0 atom stereocenters. The molecule has 1 heterocycles. The van der Waals surface area contributed by atoms with E-state index in [4.69, 9.17) is 22.1 Å². The minimum atomic E-state index is -0.780. The molecule has 3 aromatic carbocycles. The lowest BCUT2D eigenvalue weighted by molar-refractivity contribution is -0.121. The zero-order valence-electron chi connectivity index (χ0n) is 17.7. The van der Waals surface area contributed by atoms with Gasteiger partial charge in [-0.05, 0) is 48.0 Å². The molecule has 0 unspecified atom stereocenters. The lowest BCUT2D eigenvalue weighted by atomic mass is 10.0. The zero-order chi connectivity index (χ0) is 24.2. The van der Waals surface area contributed by atoms with Crippen molar-refractivity contribution in [2.45, 2.75) is 0 Å². The summed E-state index contributed by atoms with van der Waals surface area (Å²) in [4.78, 5) is 52.8. The molecule has 2 N–H and O–H groups in total. The molecule has 0 saturated carbocycles. The molecular formula is C25H18ClN3O5. The van der Waals surface area contributed by atoms with E-state index in [1.807, 2.05) is 0 Å². The predicted molar refractivity (Wildman–Crippen MR) is 127 cm³/mol. The van der Waals surface area contributed by atoms with E-state index in [0.29, 0.717) is 16.9 Å². The number of urea groups is 1. The summed E-state index contributed by atoms with van der Waals surface area (Å²) in [6.45, 7) is -0.350. The number of imide groups is 2. The molecule has 1 saturated heterocycles. The summed E-state index contributed by atoms with van der Waals surface area (Å²) in [5, 5.41) is 0.155. The van der Waals surface area contributed by atoms with Crippen LogP contribution in [-0.4, -0.2) is 30.4 Å². The monoisotopic (exact) mass is 475 g/mol. The van der Waals surface area contributed by atoms with Gasteiger partial charge in [0.1, 0.15) is 11.3 Å². The molecule has 34 heavy (non-hydrogen) atoms. The molecule has 0 spiro atoms. The van der Waals surface area contributed by atoms with E-state index >= 15 is 0 Å². The van der Waals surface area contributed by atoms with Gasteiger partial charge in [0.2, 0.25) is 0 Å². The fourth-order valence-electron chi connectivity index (χ4n) is 3.38. The van der Waals surface area contributed by atoms with Gasteiger partial charge in [0, 0.05) is 0 Å². The predicted octanol–water partition coefficient (Wildman–Crippen LogP) is 3.79. The topological polar surface area (TPSA) is 110 Å². The third-order valence-electron chi connectivity index (χ3n) is 4.92. The Balaban J connectivity index is 1.77. The van der Waals surface area contributed by atoms with E-state index < -0.39 is 23.8 Å². The second kappa shape index (κ2) is 9.60. The van der Waals surface area contributed by atoms with Crippen LogP contribution < -0.4 is 20.3 Å². The van der Waals surface area contributed by atoms with E-state index in [1.165, 1.54) is 18.2 Å². The van der Waals surface area contributed by atoms with Crippen LogP contribution in [0.15, 0.2) is 84.4 Å². The number of amides is 5. The maximum Gasteiger partial charge on any atom is 0.343 e. The highest BCUT2D eigenvalue weighted by atomic mass is 35.5. The number of nitrogens with zero attached hydrogens (tertiary/aromatic N) is 2. The SMILES string of the molecule is NC(=O)COc1ccc(C=C2C(=O)N(c3ccccc3)C(=O)N(c3ccccc3)C2=O)cc1Cl. The number of halogens is 1. The van der Waals surface area contributed by atoms with Gasteiger partial charge in [-0.25, -0.2) is 14.6 Å². The van der Waals surface area contributed by atoms with Crippen molar-refractivity contribution in [2.24, 2.45) is 5.73 Å². The van der Waals surface area contributed by atoms with Crippen molar-refractivity contribution < 1.29 is 23.9 Å². The average Bonchev–Trinajstić information content (AvgIpc) is 2.82. The van der Waals surface area contributed by atoms with Crippen molar-refractivity contribution in [3.63, 3.8) is 0 Å². The molecule has 0 aromatic heterocycles. The smallest absolute Gasteiger partial charge is 0.343 e. The van der Waals surface area contributed by atoms with Gasteiger partial charge in [0.15, 0.2) is 6.61 Å². The maximum atomic E-state index is 13.3. The van der Waals surface area contributed by atoms with Gasteiger partial charge in [-0.1, -0.05) is 54.1 Å². The summed E-state index contributed by atoms with van der Waals surface area (Å²) >= 11 is 6.22. The van der Waals surface area contributed by atoms with Crippen LogP contribution in [0.3, 0.4) is 0 Å². The van der Waals surface area contributed by atoms with Gasteiger partial charge in [0.25, 0.3) is 17.7 Å². The Morgan fingerprint density at radius 3 is 1.85 bits per heavy atom. The number of hydrogen-bond acceptors (Lipinski definition) is 5. The highest BCUT2D eigenvalue weighted by Gasteiger charge is 2.43. The van der Waals surface area contributed by atoms with Crippen molar-refractivity contribution in [2.75, 3.05) is 16.4 Å². The summed E-state index contributed by atoms with van der Waals surface area (Å²) in [6.07, 6.45) is 1.35. The minimum absolute atomic E-state index is 0.155. The molecule has 0 aliphatic carbocycles. The molecule has 170 valence electrons. The number of benzene rings is 3. The van der Waals surface area contributed by atoms with E-state index in [1.54, 1.807) is 66.7 Å². The number of ether oxygens (including phenoxy) is 1. The Hall–Kier alpha value is -4.43. The van der Waals surface area contributed by atoms with Crippen LogP contribution in [0, 0.1) is 0 Å². The van der Waals surface area contributed by atoms with Crippen molar-refractivity contribution in [1.82, 2.24) is 0 Å². The number of primary amides is 1. The number of carbonyl (C=O) groups is 4. The highest BCUT2D eigenvalue weighted by Crippen LogP contribution is 2.31. The molecule has 0 radical (unpaired) electrons. The normalized spacial score (nSPS) is 13.8. The molecule has 3 aromatic rings. The number of nitrogens with two attached hydrogens (primary N) is 1. The van der Waals surface area contributed by atoms with Crippen molar-refractivity contribution >= 4 is 52.8 Å². The Kier molecular flexibility index (Phi) is 6.42. The van der Waals surface area contributed by atoms with Crippen LogP contribution in [0.2, 0.25) is 5.02 Å².